The first-order valence-electron chi connectivity index (χ1n) is 6.62. The van der Waals surface area contributed by atoms with Crippen LogP contribution in [0.5, 0.6) is 17.2 Å². The molecule has 0 saturated heterocycles. The van der Waals surface area contributed by atoms with Crippen LogP contribution in [0.4, 0.5) is 4.39 Å². The maximum atomic E-state index is 13.9. The molecule has 4 heteroatoms. The highest BCUT2D eigenvalue weighted by atomic mass is 19.1. The van der Waals surface area contributed by atoms with Crippen LogP contribution in [0.1, 0.15) is 12.5 Å². The molecular weight excluding hydrogens is 257 g/mol. The molecule has 2 rings (SSSR count). The quantitative estimate of drug-likeness (QED) is 0.877. The second kappa shape index (κ2) is 6.91. The molecule has 0 aliphatic heterocycles. The lowest BCUT2D eigenvalue weighted by molar-refractivity contribution is 0.337. The van der Waals surface area contributed by atoms with Crippen LogP contribution in [0, 0.1) is 5.82 Å². The summed E-state index contributed by atoms with van der Waals surface area (Å²) in [5, 5.41) is 0. The predicted molar refractivity (Wildman–Crippen MR) is 76.8 cm³/mol. The normalized spacial score (nSPS) is 10.3. The van der Waals surface area contributed by atoms with Crippen LogP contribution in [-0.4, -0.2) is 13.2 Å². The second-order valence-corrected chi connectivity index (χ2v) is 4.28. The van der Waals surface area contributed by atoms with Gasteiger partial charge in [-0.3, -0.25) is 0 Å². The van der Waals surface area contributed by atoms with E-state index in [9.17, 15) is 4.39 Å². The Morgan fingerprint density at radius 1 is 1.10 bits per heavy atom. The molecule has 2 N–H and O–H groups in total. The van der Waals surface area contributed by atoms with Gasteiger partial charge in [0.25, 0.3) is 0 Å². The van der Waals surface area contributed by atoms with Crippen molar-refractivity contribution in [2.75, 3.05) is 13.2 Å². The predicted octanol–water partition coefficient (Wildman–Crippen LogP) is 3.52. The van der Waals surface area contributed by atoms with Gasteiger partial charge < -0.3 is 15.2 Å². The third kappa shape index (κ3) is 3.48. The lowest BCUT2D eigenvalue weighted by Gasteiger charge is -2.12. The molecule has 0 spiro atoms. The Kier molecular flexibility index (Phi) is 4.96. The Morgan fingerprint density at radius 2 is 1.85 bits per heavy atom. The molecule has 0 bridgehead atoms. The molecule has 106 valence electrons. The summed E-state index contributed by atoms with van der Waals surface area (Å²) in [7, 11) is 0. The van der Waals surface area contributed by atoms with E-state index < -0.39 is 5.82 Å². The van der Waals surface area contributed by atoms with Crippen molar-refractivity contribution in [2.24, 2.45) is 5.73 Å². The number of benzene rings is 2. The highest BCUT2D eigenvalue weighted by Crippen LogP contribution is 2.30. The summed E-state index contributed by atoms with van der Waals surface area (Å²) < 4.78 is 25.0. The van der Waals surface area contributed by atoms with E-state index in [1.165, 1.54) is 6.07 Å². The molecule has 0 heterocycles. The molecule has 0 amide bonds. The van der Waals surface area contributed by atoms with Crippen LogP contribution in [0.3, 0.4) is 0 Å². The molecule has 0 unspecified atom stereocenters. The number of hydrogen-bond donors (Lipinski definition) is 1. The molecule has 0 radical (unpaired) electrons. The minimum atomic E-state index is -0.391. The van der Waals surface area contributed by atoms with Crippen LogP contribution in [0.2, 0.25) is 0 Å². The number of para-hydroxylation sites is 1. The summed E-state index contributed by atoms with van der Waals surface area (Å²) in [4.78, 5) is 0. The highest BCUT2D eigenvalue weighted by molar-refractivity contribution is 5.41. The van der Waals surface area contributed by atoms with Crippen molar-refractivity contribution >= 4 is 0 Å². The minimum Gasteiger partial charge on any atom is -0.494 e. The molecule has 0 aliphatic carbocycles. The number of halogens is 1. The van der Waals surface area contributed by atoms with Crippen LogP contribution in [0.25, 0.3) is 0 Å². The van der Waals surface area contributed by atoms with E-state index in [4.69, 9.17) is 15.2 Å². The van der Waals surface area contributed by atoms with Gasteiger partial charge in [-0.05, 0) is 43.7 Å². The first-order chi connectivity index (χ1) is 9.74. The lowest BCUT2D eigenvalue weighted by atomic mass is 10.1. The fraction of sp³-hybridized carbons (Fsp3) is 0.250. The van der Waals surface area contributed by atoms with Gasteiger partial charge in [0.15, 0.2) is 11.6 Å². The number of rotatable bonds is 6. The van der Waals surface area contributed by atoms with Gasteiger partial charge >= 0.3 is 0 Å². The van der Waals surface area contributed by atoms with Gasteiger partial charge in [0.2, 0.25) is 0 Å². The lowest BCUT2D eigenvalue weighted by Crippen LogP contribution is -2.05. The summed E-state index contributed by atoms with van der Waals surface area (Å²) in [5.41, 5.74) is 6.30. The van der Waals surface area contributed by atoms with E-state index in [1.807, 2.05) is 25.1 Å². The summed E-state index contributed by atoms with van der Waals surface area (Å²) >= 11 is 0. The van der Waals surface area contributed by atoms with Crippen LogP contribution in [0.15, 0.2) is 42.5 Å². The van der Waals surface area contributed by atoms with Gasteiger partial charge in [-0.1, -0.05) is 18.2 Å². The van der Waals surface area contributed by atoms with Crippen molar-refractivity contribution in [3.05, 3.63) is 53.8 Å². The Morgan fingerprint density at radius 3 is 2.60 bits per heavy atom. The van der Waals surface area contributed by atoms with Gasteiger partial charge in [-0.25, -0.2) is 4.39 Å². The Hall–Kier alpha value is -2.07. The molecule has 2 aromatic carbocycles. The Bertz CT molecular complexity index is 572. The SMILES string of the molecule is CCOc1cccc(Oc2c(F)cccc2CCN)c1. The van der Waals surface area contributed by atoms with Crippen molar-refractivity contribution < 1.29 is 13.9 Å². The maximum absolute atomic E-state index is 13.9. The third-order valence-electron chi connectivity index (χ3n) is 2.80. The Labute approximate surface area is 118 Å². The first kappa shape index (κ1) is 14.3. The fourth-order valence-corrected chi connectivity index (χ4v) is 1.93. The standard InChI is InChI=1S/C16H18FNO2/c1-2-19-13-6-4-7-14(11-13)20-16-12(9-10-18)5-3-8-15(16)17/h3-8,11H,2,9-10,18H2,1H3. The molecule has 0 aliphatic rings. The van der Waals surface area contributed by atoms with E-state index in [0.29, 0.717) is 31.1 Å². The van der Waals surface area contributed by atoms with Gasteiger partial charge in [-0.15, -0.1) is 0 Å². The van der Waals surface area contributed by atoms with Crippen molar-refractivity contribution in [2.45, 2.75) is 13.3 Å². The van der Waals surface area contributed by atoms with Crippen LogP contribution >= 0.6 is 0 Å². The number of ether oxygens (including phenoxy) is 2. The topological polar surface area (TPSA) is 44.5 Å². The van der Waals surface area contributed by atoms with Gasteiger partial charge in [0.1, 0.15) is 11.5 Å². The van der Waals surface area contributed by atoms with Crippen LogP contribution < -0.4 is 15.2 Å². The average Bonchev–Trinajstić information content (AvgIpc) is 2.44. The first-order valence-corrected chi connectivity index (χ1v) is 6.62. The van der Waals surface area contributed by atoms with Crippen LogP contribution in [-0.2, 0) is 6.42 Å². The zero-order chi connectivity index (χ0) is 14.4. The van der Waals surface area contributed by atoms with Crippen molar-refractivity contribution in [1.29, 1.82) is 0 Å². The van der Waals surface area contributed by atoms with E-state index in [2.05, 4.69) is 0 Å². The van der Waals surface area contributed by atoms with Crippen molar-refractivity contribution in [1.82, 2.24) is 0 Å². The average molecular weight is 275 g/mol. The monoisotopic (exact) mass is 275 g/mol. The zero-order valence-electron chi connectivity index (χ0n) is 11.4. The van der Waals surface area contributed by atoms with Gasteiger partial charge in [0, 0.05) is 6.07 Å². The number of nitrogens with two attached hydrogens (primary N) is 1. The van der Waals surface area contributed by atoms with Gasteiger partial charge in [-0.2, -0.15) is 0 Å². The van der Waals surface area contributed by atoms with E-state index in [0.717, 1.165) is 5.56 Å². The molecule has 0 fully saturated rings. The van der Waals surface area contributed by atoms with Crippen molar-refractivity contribution in [3.63, 3.8) is 0 Å². The summed E-state index contributed by atoms with van der Waals surface area (Å²) in [6.45, 7) is 2.92. The summed E-state index contributed by atoms with van der Waals surface area (Å²) in [5.74, 6) is 1.07. The third-order valence-corrected chi connectivity index (χ3v) is 2.80. The van der Waals surface area contributed by atoms with E-state index in [-0.39, 0.29) is 5.75 Å². The van der Waals surface area contributed by atoms with E-state index in [1.54, 1.807) is 18.2 Å². The smallest absolute Gasteiger partial charge is 0.166 e. The number of hydrogen-bond acceptors (Lipinski definition) is 3. The zero-order valence-corrected chi connectivity index (χ0v) is 11.4. The second-order valence-electron chi connectivity index (χ2n) is 4.28. The van der Waals surface area contributed by atoms with E-state index >= 15 is 0 Å². The molecule has 0 atom stereocenters. The fourth-order valence-electron chi connectivity index (χ4n) is 1.93. The summed E-state index contributed by atoms with van der Waals surface area (Å²) in [6, 6.07) is 12.0. The molecular formula is C16H18FNO2. The molecule has 2 aromatic rings. The maximum Gasteiger partial charge on any atom is 0.166 e. The largest absolute Gasteiger partial charge is 0.494 e. The van der Waals surface area contributed by atoms with Crippen molar-refractivity contribution in [3.8, 4) is 17.2 Å². The minimum absolute atomic E-state index is 0.228. The molecule has 0 aromatic heterocycles. The summed E-state index contributed by atoms with van der Waals surface area (Å²) in [6.07, 6.45) is 0.568. The molecule has 20 heavy (non-hydrogen) atoms. The molecule has 0 saturated carbocycles. The Balaban J connectivity index is 2.27. The van der Waals surface area contributed by atoms with Gasteiger partial charge in [0.05, 0.1) is 6.61 Å². The highest BCUT2D eigenvalue weighted by Gasteiger charge is 2.10. The molecule has 3 nitrogen and oxygen atoms in total.